The third-order valence-corrected chi connectivity index (χ3v) is 4.35. The van der Waals surface area contributed by atoms with E-state index in [2.05, 4.69) is 35.4 Å². The van der Waals surface area contributed by atoms with E-state index in [1.165, 1.54) is 29.3 Å². The van der Waals surface area contributed by atoms with E-state index >= 15 is 0 Å². The average Bonchev–Trinajstić information content (AvgIpc) is 3.02. The van der Waals surface area contributed by atoms with Gasteiger partial charge < -0.3 is 10.1 Å². The van der Waals surface area contributed by atoms with Gasteiger partial charge in [0.25, 0.3) is 0 Å². The summed E-state index contributed by atoms with van der Waals surface area (Å²) in [6.45, 7) is 1.93. The standard InChI is InChI=1S/C15H19NO/c1-11(17)15(8-9-15)7-6-12-10-16-14-5-3-2-4-13(12)14/h2-5,10-11,16-17H,6-9H2,1H3. The number of benzene rings is 1. The number of para-hydroxylation sites is 1. The number of aliphatic hydroxyl groups excluding tert-OH is 1. The SMILES string of the molecule is CC(O)C1(CCc2c[nH]c3ccccc23)CC1. The number of hydrogen-bond donors (Lipinski definition) is 2. The third kappa shape index (κ3) is 1.87. The van der Waals surface area contributed by atoms with Crippen LogP contribution in [0.15, 0.2) is 30.5 Å². The fourth-order valence-electron chi connectivity index (χ4n) is 2.76. The molecule has 1 aromatic heterocycles. The third-order valence-electron chi connectivity index (χ3n) is 4.35. The van der Waals surface area contributed by atoms with Crippen LogP contribution in [0.25, 0.3) is 10.9 Å². The molecule has 0 saturated heterocycles. The number of rotatable bonds is 4. The fourth-order valence-corrected chi connectivity index (χ4v) is 2.76. The summed E-state index contributed by atoms with van der Waals surface area (Å²) in [6.07, 6.45) is 6.50. The molecule has 1 fully saturated rings. The summed E-state index contributed by atoms with van der Waals surface area (Å²) in [5, 5.41) is 11.1. The van der Waals surface area contributed by atoms with E-state index in [1.54, 1.807) is 0 Å². The molecule has 0 radical (unpaired) electrons. The van der Waals surface area contributed by atoms with Gasteiger partial charge in [0.15, 0.2) is 0 Å². The van der Waals surface area contributed by atoms with Crippen LogP contribution in [0.1, 0.15) is 31.7 Å². The highest BCUT2D eigenvalue weighted by Gasteiger charge is 2.46. The van der Waals surface area contributed by atoms with Crippen molar-refractivity contribution < 1.29 is 5.11 Å². The minimum Gasteiger partial charge on any atom is -0.393 e. The monoisotopic (exact) mass is 229 g/mol. The normalized spacial score (nSPS) is 19.4. The molecule has 0 aliphatic heterocycles. The number of aromatic amines is 1. The second-order valence-corrected chi connectivity index (χ2v) is 5.40. The predicted molar refractivity (Wildman–Crippen MR) is 70.0 cm³/mol. The Morgan fingerprint density at radius 2 is 2.12 bits per heavy atom. The molecule has 2 nitrogen and oxygen atoms in total. The first-order valence-electron chi connectivity index (χ1n) is 6.44. The maximum absolute atomic E-state index is 9.78. The molecular weight excluding hydrogens is 210 g/mol. The number of nitrogens with one attached hydrogen (secondary N) is 1. The Balaban J connectivity index is 1.77. The Labute approximate surface area is 102 Å². The zero-order valence-electron chi connectivity index (χ0n) is 10.2. The van der Waals surface area contributed by atoms with E-state index in [0.29, 0.717) is 0 Å². The molecule has 2 aromatic rings. The van der Waals surface area contributed by atoms with Crippen LogP contribution in [0.3, 0.4) is 0 Å². The molecule has 1 aromatic carbocycles. The largest absolute Gasteiger partial charge is 0.393 e. The van der Waals surface area contributed by atoms with Crippen LogP contribution in [0.4, 0.5) is 0 Å². The second-order valence-electron chi connectivity index (χ2n) is 5.40. The van der Waals surface area contributed by atoms with Crippen molar-refractivity contribution in [2.45, 2.75) is 38.7 Å². The van der Waals surface area contributed by atoms with Gasteiger partial charge in [-0.05, 0) is 49.7 Å². The Morgan fingerprint density at radius 3 is 2.82 bits per heavy atom. The van der Waals surface area contributed by atoms with E-state index in [1.807, 2.05) is 6.92 Å². The van der Waals surface area contributed by atoms with Crippen molar-refractivity contribution in [3.8, 4) is 0 Å². The van der Waals surface area contributed by atoms with E-state index < -0.39 is 0 Å². The number of aryl methyl sites for hydroxylation is 1. The van der Waals surface area contributed by atoms with E-state index in [9.17, 15) is 5.11 Å². The summed E-state index contributed by atoms with van der Waals surface area (Å²) in [7, 11) is 0. The van der Waals surface area contributed by atoms with Crippen molar-refractivity contribution in [2.24, 2.45) is 5.41 Å². The second kappa shape index (κ2) is 3.88. The zero-order chi connectivity index (χ0) is 11.9. The highest BCUT2D eigenvalue weighted by atomic mass is 16.3. The summed E-state index contributed by atoms with van der Waals surface area (Å²) in [4.78, 5) is 3.31. The van der Waals surface area contributed by atoms with Crippen LogP contribution in [0, 0.1) is 5.41 Å². The molecule has 1 aliphatic carbocycles. The lowest BCUT2D eigenvalue weighted by Gasteiger charge is -2.17. The molecular formula is C15H19NO. The van der Waals surface area contributed by atoms with Gasteiger partial charge in [-0.3, -0.25) is 0 Å². The van der Waals surface area contributed by atoms with Crippen LogP contribution in [-0.4, -0.2) is 16.2 Å². The Bertz CT molecular complexity index is 522. The molecule has 2 heteroatoms. The summed E-state index contributed by atoms with van der Waals surface area (Å²) in [5.74, 6) is 0. The summed E-state index contributed by atoms with van der Waals surface area (Å²) in [5.41, 5.74) is 2.81. The van der Waals surface area contributed by atoms with Crippen molar-refractivity contribution in [1.82, 2.24) is 4.98 Å². The number of fused-ring (bicyclic) bond motifs is 1. The first kappa shape index (κ1) is 10.8. The number of aliphatic hydroxyl groups is 1. The van der Waals surface area contributed by atoms with Crippen molar-refractivity contribution in [3.63, 3.8) is 0 Å². The maximum Gasteiger partial charge on any atom is 0.0568 e. The van der Waals surface area contributed by atoms with Gasteiger partial charge >= 0.3 is 0 Å². The van der Waals surface area contributed by atoms with Crippen LogP contribution in [-0.2, 0) is 6.42 Å². The lowest BCUT2D eigenvalue weighted by atomic mass is 9.92. The quantitative estimate of drug-likeness (QED) is 0.829. The van der Waals surface area contributed by atoms with Gasteiger partial charge in [-0.1, -0.05) is 18.2 Å². The van der Waals surface area contributed by atoms with Crippen LogP contribution >= 0.6 is 0 Å². The molecule has 0 amide bonds. The summed E-state index contributed by atoms with van der Waals surface area (Å²) >= 11 is 0. The highest BCUT2D eigenvalue weighted by Crippen LogP contribution is 2.52. The molecule has 17 heavy (non-hydrogen) atoms. The first-order chi connectivity index (χ1) is 8.21. The first-order valence-corrected chi connectivity index (χ1v) is 6.44. The van der Waals surface area contributed by atoms with Crippen molar-refractivity contribution >= 4 is 10.9 Å². The molecule has 0 bridgehead atoms. The average molecular weight is 229 g/mol. The van der Waals surface area contributed by atoms with Gasteiger partial charge in [0.1, 0.15) is 0 Å². The number of hydrogen-bond acceptors (Lipinski definition) is 1. The van der Waals surface area contributed by atoms with Crippen molar-refractivity contribution in [1.29, 1.82) is 0 Å². The predicted octanol–water partition coefficient (Wildman–Crippen LogP) is 3.26. The highest BCUT2D eigenvalue weighted by molar-refractivity contribution is 5.83. The summed E-state index contributed by atoms with van der Waals surface area (Å²) in [6, 6.07) is 8.42. The Kier molecular flexibility index (Phi) is 2.48. The minimum atomic E-state index is -0.160. The molecule has 90 valence electrons. The molecule has 1 unspecified atom stereocenters. The van der Waals surface area contributed by atoms with Crippen LogP contribution in [0.2, 0.25) is 0 Å². The molecule has 1 heterocycles. The van der Waals surface area contributed by atoms with Gasteiger partial charge in [-0.25, -0.2) is 0 Å². The van der Waals surface area contributed by atoms with Gasteiger partial charge in [-0.15, -0.1) is 0 Å². The van der Waals surface area contributed by atoms with E-state index in [4.69, 9.17) is 0 Å². The maximum atomic E-state index is 9.78. The topological polar surface area (TPSA) is 36.0 Å². The Morgan fingerprint density at radius 1 is 1.35 bits per heavy atom. The van der Waals surface area contributed by atoms with E-state index in [-0.39, 0.29) is 11.5 Å². The zero-order valence-corrected chi connectivity index (χ0v) is 10.2. The fraction of sp³-hybridized carbons (Fsp3) is 0.467. The van der Waals surface area contributed by atoms with Crippen molar-refractivity contribution in [3.05, 3.63) is 36.0 Å². The van der Waals surface area contributed by atoms with Gasteiger partial charge in [0.2, 0.25) is 0 Å². The van der Waals surface area contributed by atoms with E-state index in [0.717, 1.165) is 12.8 Å². The number of aromatic nitrogens is 1. The van der Waals surface area contributed by atoms with Gasteiger partial charge in [0, 0.05) is 17.1 Å². The lowest BCUT2D eigenvalue weighted by molar-refractivity contribution is 0.105. The number of H-pyrrole nitrogens is 1. The Hall–Kier alpha value is -1.28. The van der Waals surface area contributed by atoms with Crippen LogP contribution < -0.4 is 0 Å². The minimum absolute atomic E-state index is 0.160. The molecule has 3 rings (SSSR count). The molecule has 0 spiro atoms. The summed E-state index contributed by atoms with van der Waals surface area (Å²) < 4.78 is 0. The molecule has 1 saturated carbocycles. The van der Waals surface area contributed by atoms with Crippen molar-refractivity contribution in [2.75, 3.05) is 0 Å². The lowest BCUT2D eigenvalue weighted by Crippen LogP contribution is -2.18. The molecule has 2 N–H and O–H groups in total. The molecule has 1 atom stereocenters. The molecule has 1 aliphatic rings. The van der Waals surface area contributed by atoms with Gasteiger partial charge in [-0.2, -0.15) is 0 Å². The smallest absolute Gasteiger partial charge is 0.0568 e. The van der Waals surface area contributed by atoms with Gasteiger partial charge in [0.05, 0.1) is 6.10 Å². The van der Waals surface area contributed by atoms with Crippen LogP contribution in [0.5, 0.6) is 0 Å².